The Morgan fingerprint density at radius 2 is 2.43 bits per heavy atom. The van der Waals surface area contributed by atoms with Crippen molar-refractivity contribution in [3.05, 3.63) is 42.2 Å². The van der Waals surface area contributed by atoms with Crippen molar-refractivity contribution in [1.82, 2.24) is 9.88 Å². The van der Waals surface area contributed by atoms with Gasteiger partial charge in [0.15, 0.2) is 0 Å². The molecule has 3 rings (SSSR count). The molecule has 2 aliphatic rings. The van der Waals surface area contributed by atoms with Crippen LogP contribution in [0.1, 0.15) is 16.1 Å². The van der Waals surface area contributed by atoms with Gasteiger partial charge in [0.25, 0.3) is 5.91 Å². The van der Waals surface area contributed by atoms with Gasteiger partial charge in [-0.2, -0.15) is 0 Å². The summed E-state index contributed by atoms with van der Waals surface area (Å²) in [7, 11) is 0. The highest BCUT2D eigenvalue weighted by Crippen LogP contribution is 2.33. The summed E-state index contributed by atoms with van der Waals surface area (Å²) in [5.74, 6) is 0.264. The van der Waals surface area contributed by atoms with Crippen LogP contribution in [0.25, 0.3) is 0 Å². The van der Waals surface area contributed by atoms with E-state index >= 15 is 0 Å². The molecular weight excluding hydrogens is 268 g/mol. The molecule has 21 heavy (non-hydrogen) atoms. The fourth-order valence-corrected chi connectivity index (χ4v) is 3.06. The summed E-state index contributed by atoms with van der Waals surface area (Å²) in [6.07, 6.45) is 3.40. The topological polar surface area (TPSA) is 51.7 Å². The standard InChI is InChI=1S/C16H20N2O3/c1-3-6-21-15-8-18(14-10-20-9-13(14)15)16(19)12-5-4-11(2)17-7-12/h3-5,7,13-15H,1,6,8-10H2,2H3/t13-,14+,15+/m0/s1. The molecule has 2 aliphatic heterocycles. The van der Waals surface area contributed by atoms with Gasteiger partial charge in [-0.1, -0.05) is 6.08 Å². The Morgan fingerprint density at radius 1 is 1.57 bits per heavy atom. The quantitative estimate of drug-likeness (QED) is 0.787. The molecule has 2 saturated heterocycles. The molecule has 0 spiro atoms. The minimum atomic E-state index is 0.00713. The van der Waals surface area contributed by atoms with Crippen LogP contribution in [0.3, 0.4) is 0 Å². The largest absolute Gasteiger partial charge is 0.379 e. The lowest BCUT2D eigenvalue weighted by atomic mass is 10.0. The lowest BCUT2D eigenvalue weighted by Gasteiger charge is -2.22. The Balaban J connectivity index is 1.76. The average Bonchev–Trinajstić information content (AvgIpc) is 3.08. The zero-order valence-electron chi connectivity index (χ0n) is 12.2. The van der Waals surface area contributed by atoms with E-state index in [4.69, 9.17) is 9.47 Å². The van der Waals surface area contributed by atoms with Crippen molar-refractivity contribution in [2.75, 3.05) is 26.4 Å². The zero-order valence-corrected chi connectivity index (χ0v) is 12.2. The number of likely N-dealkylation sites (tertiary alicyclic amines) is 1. The highest BCUT2D eigenvalue weighted by Gasteiger charge is 2.47. The van der Waals surface area contributed by atoms with Crippen LogP contribution in [-0.2, 0) is 9.47 Å². The molecule has 0 N–H and O–H groups in total. The second kappa shape index (κ2) is 5.95. The molecule has 5 nitrogen and oxygen atoms in total. The van der Waals surface area contributed by atoms with Gasteiger partial charge in [0.2, 0.25) is 0 Å². The number of aromatic nitrogens is 1. The molecular formula is C16H20N2O3. The number of carbonyl (C=O) groups is 1. The Morgan fingerprint density at radius 3 is 3.14 bits per heavy atom. The monoisotopic (exact) mass is 288 g/mol. The van der Waals surface area contributed by atoms with E-state index in [0.29, 0.717) is 31.9 Å². The highest BCUT2D eigenvalue weighted by atomic mass is 16.5. The molecule has 2 fully saturated rings. The Labute approximate surface area is 124 Å². The maximum atomic E-state index is 12.7. The predicted octanol–water partition coefficient (Wildman–Crippen LogP) is 1.43. The average molecular weight is 288 g/mol. The Bertz CT molecular complexity index is 529. The maximum absolute atomic E-state index is 12.7. The number of nitrogens with zero attached hydrogens (tertiary/aromatic N) is 2. The van der Waals surface area contributed by atoms with Gasteiger partial charge in [0, 0.05) is 24.4 Å². The normalized spacial score (nSPS) is 27.7. The van der Waals surface area contributed by atoms with Gasteiger partial charge < -0.3 is 14.4 Å². The summed E-state index contributed by atoms with van der Waals surface area (Å²) in [6.45, 7) is 7.93. The Kier molecular flexibility index (Phi) is 4.03. The van der Waals surface area contributed by atoms with E-state index in [2.05, 4.69) is 11.6 Å². The summed E-state index contributed by atoms with van der Waals surface area (Å²) in [5.41, 5.74) is 1.53. The van der Waals surface area contributed by atoms with E-state index in [9.17, 15) is 4.79 Å². The summed E-state index contributed by atoms with van der Waals surface area (Å²) in [4.78, 5) is 18.8. The first kappa shape index (κ1) is 14.2. The molecule has 0 aliphatic carbocycles. The fraction of sp³-hybridized carbons (Fsp3) is 0.500. The van der Waals surface area contributed by atoms with Crippen LogP contribution in [0.2, 0.25) is 0 Å². The molecule has 0 aromatic carbocycles. The summed E-state index contributed by atoms with van der Waals surface area (Å²) < 4.78 is 11.3. The van der Waals surface area contributed by atoms with E-state index in [-0.39, 0.29) is 24.0 Å². The van der Waals surface area contributed by atoms with Gasteiger partial charge in [-0.15, -0.1) is 6.58 Å². The van der Waals surface area contributed by atoms with Crippen LogP contribution in [0.4, 0.5) is 0 Å². The third-order valence-electron chi connectivity index (χ3n) is 4.19. The molecule has 0 radical (unpaired) electrons. The van der Waals surface area contributed by atoms with Crippen molar-refractivity contribution in [2.24, 2.45) is 5.92 Å². The second-order valence-electron chi connectivity index (χ2n) is 5.57. The lowest BCUT2D eigenvalue weighted by Crippen LogP contribution is -2.38. The van der Waals surface area contributed by atoms with Crippen molar-refractivity contribution in [3.63, 3.8) is 0 Å². The molecule has 1 amide bonds. The van der Waals surface area contributed by atoms with Crippen LogP contribution in [0, 0.1) is 12.8 Å². The van der Waals surface area contributed by atoms with E-state index in [1.54, 1.807) is 12.3 Å². The van der Waals surface area contributed by atoms with Gasteiger partial charge in [-0.3, -0.25) is 9.78 Å². The summed E-state index contributed by atoms with van der Waals surface area (Å²) in [6, 6.07) is 3.79. The molecule has 1 aromatic rings. The SMILES string of the molecule is C=CCO[C@@H]1CN(C(=O)c2ccc(C)nc2)[C@@H]2COC[C@@H]21. The number of carbonyl (C=O) groups excluding carboxylic acids is 1. The smallest absolute Gasteiger partial charge is 0.255 e. The number of ether oxygens (including phenoxy) is 2. The molecule has 1 aromatic heterocycles. The first-order valence-corrected chi connectivity index (χ1v) is 7.24. The van der Waals surface area contributed by atoms with Gasteiger partial charge in [0.1, 0.15) is 0 Å². The van der Waals surface area contributed by atoms with Crippen molar-refractivity contribution < 1.29 is 14.3 Å². The molecule has 3 atom stereocenters. The lowest BCUT2D eigenvalue weighted by molar-refractivity contribution is 0.0330. The molecule has 0 saturated carbocycles. The van der Waals surface area contributed by atoms with E-state index in [1.165, 1.54) is 0 Å². The van der Waals surface area contributed by atoms with Crippen molar-refractivity contribution in [1.29, 1.82) is 0 Å². The van der Waals surface area contributed by atoms with E-state index in [0.717, 1.165) is 5.69 Å². The van der Waals surface area contributed by atoms with Crippen LogP contribution < -0.4 is 0 Å². The third kappa shape index (κ3) is 2.71. The first-order valence-electron chi connectivity index (χ1n) is 7.24. The van der Waals surface area contributed by atoms with Gasteiger partial charge in [0.05, 0.1) is 37.5 Å². The van der Waals surface area contributed by atoms with Crippen molar-refractivity contribution in [2.45, 2.75) is 19.1 Å². The second-order valence-corrected chi connectivity index (χ2v) is 5.57. The van der Waals surface area contributed by atoms with Crippen LogP contribution in [0.5, 0.6) is 0 Å². The van der Waals surface area contributed by atoms with Crippen molar-refractivity contribution in [3.8, 4) is 0 Å². The summed E-state index contributed by atoms with van der Waals surface area (Å²) in [5, 5.41) is 0. The fourth-order valence-electron chi connectivity index (χ4n) is 3.06. The number of amides is 1. The van der Waals surface area contributed by atoms with E-state index in [1.807, 2.05) is 24.0 Å². The number of hydrogen-bond donors (Lipinski definition) is 0. The van der Waals surface area contributed by atoms with Crippen molar-refractivity contribution >= 4 is 5.91 Å². The number of pyridine rings is 1. The number of fused-ring (bicyclic) bond motifs is 1. The highest BCUT2D eigenvalue weighted by molar-refractivity contribution is 5.94. The summed E-state index contributed by atoms with van der Waals surface area (Å²) >= 11 is 0. The molecule has 0 unspecified atom stereocenters. The first-order chi connectivity index (χ1) is 10.2. The van der Waals surface area contributed by atoms with Gasteiger partial charge in [-0.25, -0.2) is 0 Å². The van der Waals surface area contributed by atoms with Crippen LogP contribution in [-0.4, -0.2) is 54.3 Å². The molecule has 5 heteroatoms. The minimum absolute atomic E-state index is 0.00713. The zero-order chi connectivity index (χ0) is 14.8. The number of rotatable bonds is 4. The van der Waals surface area contributed by atoms with Crippen LogP contribution in [0.15, 0.2) is 31.0 Å². The molecule has 0 bridgehead atoms. The predicted molar refractivity (Wildman–Crippen MR) is 78.0 cm³/mol. The number of aryl methyl sites for hydroxylation is 1. The Hall–Kier alpha value is -1.72. The molecule has 112 valence electrons. The van der Waals surface area contributed by atoms with E-state index < -0.39 is 0 Å². The maximum Gasteiger partial charge on any atom is 0.255 e. The van der Waals surface area contributed by atoms with Gasteiger partial charge >= 0.3 is 0 Å². The van der Waals surface area contributed by atoms with Gasteiger partial charge in [-0.05, 0) is 19.1 Å². The third-order valence-corrected chi connectivity index (χ3v) is 4.19. The molecule has 3 heterocycles. The number of hydrogen-bond acceptors (Lipinski definition) is 4. The van der Waals surface area contributed by atoms with Crippen LogP contribution >= 0.6 is 0 Å². The minimum Gasteiger partial charge on any atom is -0.379 e.